The van der Waals surface area contributed by atoms with Gasteiger partial charge in [0.25, 0.3) is 5.91 Å². The van der Waals surface area contributed by atoms with Crippen molar-refractivity contribution in [2.24, 2.45) is 5.41 Å². The summed E-state index contributed by atoms with van der Waals surface area (Å²) in [5, 5.41) is 13.3. The Kier molecular flexibility index (Phi) is 7.40. The lowest BCUT2D eigenvalue weighted by Crippen LogP contribution is -2.42. The molecule has 9 heteroatoms. The van der Waals surface area contributed by atoms with E-state index in [1.807, 2.05) is 42.5 Å². The van der Waals surface area contributed by atoms with Crippen molar-refractivity contribution in [1.82, 2.24) is 14.8 Å². The molecule has 4 aromatic rings. The van der Waals surface area contributed by atoms with Gasteiger partial charge in [0, 0.05) is 59.9 Å². The molecule has 3 aliphatic heterocycles. The van der Waals surface area contributed by atoms with Gasteiger partial charge in [-0.1, -0.05) is 24.3 Å². The number of halogens is 1. The molecular formula is C34H39ClN4O4. The smallest absolute Gasteiger partial charge is 0.274 e. The third-order valence-corrected chi connectivity index (χ3v) is 10.3. The molecule has 7 rings (SSSR count). The second-order valence-corrected chi connectivity index (χ2v) is 12.9. The van der Waals surface area contributed by atoms with Crippen LogP contribution in [0.3, 0.4) is 0 Å². The maximum Gasteiger partial charge on any atom is 0.274 e. The number of rotatable bonds is 7. The number of carbonyl (C=O) groups excluding carboxylic acids is 1. The van der Waals surface area contributed by atoms with Gasteiger partial charge >= 0.3 is 0 Å². The number of phenolic OH excluding ortho intramolecular Hbond substituents is 1. The summed E-state index contributed by atoms with van der Waals surface area (Å²) in [5.74, 6) is 1.64. The van der Waals surface area contributed by atoms with Crippen molar-refractivity contribution in [3.05, 3.63) is 59.8 Å². The SMILES string of the molecule is COc1cc2[nH]c(C(=O)N3CC(CCl)c4c3cc(O)c3ccccc43)cc2cc1OCCN1CCC2(CCN(C)C2)CC1. The van der Waals surface area contributed by atoms with Gasteiger partial charge in [-0.15, -0.1) is 11.6 Å². The Balaban J connectivity index is 1.07. The maximum absolute atomic E-state index is 13.9. The van der Waals surface area contributed by atoms with Gasteiger partial charge in [-0.3, -0.25) is 9.69 Å². The van der Waals surface area contributed by atoms with E-state index in [1.165, 1.54) is 32.4 Å². The average molecular weight is 603 g/mol. The predicted molar refractivity (Wildman–Crippen MR) is 171 cm³/mol. The lowest BCUT2D eigenvalue weighted by atomic mass is 9.78. The van der Waals surface area contributed by atoms with E-state index in [-0.39, 0.29) is 17.6 Å². The number of piperidine rings is 1. The number of amides is 1. The van der Waals surface area contributed by atoms with Crippen LogP contribution in [0.15, 0.2) is 48.5 Å². The number of methoxy groups -OCH3 is 1. The minimum Gasteiger partial charge on any atom is -0.507 e. The van der Waals surface area contributed by atoms with Gasteiger partial charge in [0.1, 0.15) is 18.1 Å². The van der Waals surface area contributed by atoms with Crippen LogP contribution >= 0.6 is 11.6 Å². The van der Waals surface area contributed by atoms with Crippen molar-refractivity contribution in [2.75, 3.05) is 70.8 Å². The molecule has 43 heavy (non-hydrogen) atoms. The number of carbonyl (C=O) groups is 1. The maximum atomic E-state index is 13.9. The number of fused-ring (bicyclic) bond motifs is 4. The highest BCUT2D eigenvalue weighted by molar-refractivity contribution is 6.19. The van der Waals surface area contributed by atoms with Crippen LogP contribution < -0.4 is 14.4 Å². The number of ether oxygens (including phenoxy) is 2. The standard InChI is InChI=1S/C34H39ClN4O4/c1-37-10-7-34(21-37)8-11-38(12-9-34)13-14-43-31-16-22-15-27(36-26(22)17-30(31)42-2)33(41)39-20-23(19-35)32-25-6-4-3-5-24(25)29(40)18-28(32)39/h3-6,15-18,23,36,40H,7-14,19-21H2,1-2H3. The lowest BCUT2D eigenvalue weighted by molar-refractivity contribution is 0.0976. The monoisotopic (exact) mass is 602 g/mol. The van der Waals surface area contributed by atoms with E-state index < -0.39 is 0 Å². The fourth-order valence-electron chi connectivity index (χ4n) is 7.52. The fraction of sp³-hybridized carbons (Fsp3) is 0.441. The highest BCUT2D eigenvalue weighted by atomic mass is 35.5. The molecule has 1 amide bonds. The van der Waals surface area contributed by atoms with Gasteiger partial charge in [-0.05, 0) is 74.4 Å². The highest BCUT2D eigenvalue weighted by Gasteiger charge is 2.39. The number of aromatic hydroxyl groups is 1. The number of phenols is 1. The summed E-state index contributed by atoms with van der Waals surface area (Å²) < 4.78 is 11.9. The molecule has 1 unspecified atom stereocenters. The third-order valence-electron chi connectivity index (χ3n) is 9.92. The van der Waals surface area contributed by atoms with E-state index in [2.05, 4.69) is 21.8 Å². The Hall–Kier alpha value is -3.46. The van der Waals surface area contributed by atoms with Crippen molar-refractivity contribution < 1.29 is 19.4 Å². The van der Waals surface area contributed by atoms with Gasteiger partial charge in [0.05, 0.1) is 12.8 Å². The van der Waals surface area contributed by atoms with Crippen LogP contribution in [-0.2, 0) is 0 Å². The Labute approximate surface area is 257 Å². The number of anilines is 1. The molecule has 0 radical (unpaired) electrons. The molecule has 4 heterocycles. The van der Waals surface area contributed by atoms with Crippen molar-refractivity contribution >= 4 is 44.9 Å². The number of H-pyrrole nitrogens is 1. The number of aromatic nitrogens is 1. The molecular weight excluding hydrogens is 564 g/mol. The van der Waals surface area contributed by atoms with E-state index >= 15 is 0 Å². The largest absolute Gasteiger partial charge is 0.507 e. The summed E-state index contributed by atoms with van der Waals surface area (Å²) in [5.41, 5.74) is 3.48. The van der Waals surface area contributed by atoms with E-state index in [4.69, 9.17) is 21.1 Å². The molecule has 3 aromatic carbocycles. The van der Waals surface area contributed by atoms with E-state index in [0.29, 0.717) is 47.3 Å². The number of aromatic amines is 1. The summed E-state index contributed by atoms with van der Waals surface area (Å²) in [7, 11) is 3.87. The summed E-state index contributed by atoms with van der Waals surface area (Å²) in [6, 6.07) is 15.1. The lowest BCUT2D eigenvalue weighted by Gasteiger charge is -2.39. The van der Waals surface area contributed by atoms with Gasteiger partial charge in [0.2, 0.25) is 0 Å². The first-order valence-electron chi connectivity index (χ1n) is 15.2. The number of nitrogens with zero attached hydrogens (tertiary/aromatic N) is 3. The predicted octanol–water partition coefficient (Wildman–Crippen LogP) is 5.81. The number of benzene rings is 3. The molecule has 1 spiro atoms. The summed E-state index contributed by atoms with van der Waals surface area (Å²) in [4.78, 5) is 23.9. The Morgan fingerprint density at radius 1 is 1.07 bits per heavy atom. The number of hydrogen-bond donors (Lipinski definition) is 2. The average Bonchev–Trinajstić information content (AvgIpc) is 3.72. The van der Waals surface area contributed by atoms with Crippen molar-refractivity contribution in [3.63, 3.8) is 0 Å². The summed E-state index contributed by atoms with van der Waals surface area (Å²) in [6.07, 6.45) is 3.84. The van der Waals surface area contributed by atoms with Crippen LogP contribution in [-0.4, -0.2) is 91.7 Å². The minimum atomic E-state index is -0.169. The van der Waals surface area contributed by atoms with Gasteiger partial charge in [0.15, 0.2) is 11.5 Å². The van der Waals surface area contributed by atoms with Crippen molar-refractivity contribution in [2.45, 2.75) is 25.2 Å². The molecule has 3 aliphatic rings. The van der Waals surface area contributed by atoms with Crippen LogP contribution in [0.2, 0.25) is 0 Å². The summed E-state index contributed by atoms with van der Waals surface area (Å²) in [6.45, 7) is 6.59. The normalized spacial score (nSPS) is 20.3. The van der Waals surface area contributed by atoms with Crippen LogP contribution in [0.5, 0.6) is 17.2 Å². The van der Waals surface area contributed by atoms with Gasteiger partial charge in [-0.2, -0.15) is 0 Å². The number of alkyl halides is 1. The molecule has 0 aliphatic carbocycles. The minimum absolute atomic E-state index is 0.0273. The van der Waals surface area contributed by atoms with Crippen LogP contribution in [0, 0.1) is 5.41 Å². The molecule has 1 aromatic heterocycles. The Morgan fingerprint density at radius 3 is 2.56 bits per heavy atom. The Bertz CT molecular complexity index is 1680. The topological polar surface area (TPSA) is 81.3 Å². The van der Waals surface area contributed by atoms with Crippen LogP contribution in [0.25, 0.3) is 21.7 Å². The summed E-state index contributed by atoms with van der Waals surface area (Å²) >= 11 is 6.39. The number of likely N-dealkylation sites (tertiary alicyclic amines) is 2. The molecule has 2 N–H and O–H groups in total. The quantitative estimate of drug-likeness (QED) is 0.260. The zero-order valence-corrected chi connectivity index (χ0v) is 25.6. The molecule has 0 bridgehead atoms. The third kappa shape index (κ3) is 5.09. The molecule has 2 fully saturated rings. The van der Waals surface area contributed by atoms with Gasteiger partial charge < -0.3 is 29.4 Å². The van der Waals surface area contributed by atoms with Crippen molar-refractivity contribution in [3.8, 4) is 17.2 Å². The second-order valence-electron chi connectivity index (χ2n) is 12.6. The zero-order chi connectivity index (χ0) is 29.7. The molecule has 2 saturated heterocycles. The molecule has 0 saturated carbocycles. The molecule has 226 valence electrons. The first-order valence-corrected chi connectivity index (χ1v) is 15.8. The first kappa shape index (κ1) is 28.3. The van der Waals surface area contributed by atoms with E-state index in [0.717, 1.165) is 46.9 Å². The van der Waals surface area contributed by atoms with Crippen LogP contribution in [0.1, 0.15) is 41.2 Å². The first-order chi connectivity index (χ1) is 20.9. The second kappa shape index (κ2) is 11.2. The Morgan fingerprint density at radius 2 is 1.84 bits per heavy atom. The fourth-order valence-corrected chi connectivity index (χ4v) is 7.77. The van der Waals surface area contributed by atoms with Gasteiger partial charge in [-0.25, -0.2) is 0 Å². The number of nitrogens with one attached hydrogen (secondary N) is 1. The zero-order valence-electron chi connectivity index (χ0n) is 24.9. The molecule has 1 atom stereocenters. The highest BCUT2D eigenvalue weighted by Crippen LogP contribution is 2.46. The van der Waals surface area contributed by atoms with E-state index in [9.17, 15) is 9.90 Å². The number of hydrogen-bond acceptors (Lipinski definition) is 6. The molecule has 8 nitrogen and oxygen atoms in total. The van der Waals surface area contributed by atoms with Crippen molar-refractivity contribution in [1.29, 1.82) is 0 Å². The van der Waals surface area contributed by atoms with Crippen LogP contribution in [0.4, 0.5) is 5.69 Å². The van der Waals surface area contributed by atoms with E-state index in [1.54, 1.807) is 18.1 Å².